The summed E-state index contributed by atoms with van der Waals surface area (Å²) >= 11 is 5.80. The number of hydrogen-bond acceptors (Lipinski definition) is 2. The molecule has 2 aromatic heterocycles. The van der Waals surface area contributed by atoms with Gasteiger partial charge >= 0.3 is 0 Å². The molecule has 1 amide bonds. The number of carbonyl (C=O) groups is 1. The lowest BCUT2D eigenvalue weighted by molar-refractivity contribution is 0.0923. The van der Waals surface area contributed by atoms with Gasteiger partial charge in [-0.15, -0.1) is 0 Å². The predicted octanol–water partition coefficient (Wildman–Crippen LogP) is 3.36. The maximum atomic E-state index is 14.1. The number of aromatic amines is 1. The molecule has 2 atom stereocenters. The number of nitrogens with zero attached hydrogens (tertiary/aromatic N) is 2. The highest BCUT2D eigenvalue weighted by molar-refractivity contribution is 6.31. The zero-order valence-corrected chi connectivity index (χ0v) is 14.0. The standard InChI is InChI=1S/C17H16ClFN4O/c1-9-6-17(9,10-7-20-23(2)8-10)22-16(24)14-5-11-13(21-14)4-3-12(18)15(11)19/h3-5,7-9,21H,6H2,1-2H3,(H,22,24)/t9-,17?/m0/s1. The molecule has 1 unspecified atom stereocenters. The number of carbonyl (C=O) groups excluding carboxylic acids is 1. The minimum Gasteiger partial charge on any atom is -0.350 e. The highest BCUT2D eigenvalue weighted by Gasteiger charge is 2.54. The number of amides is 1. The number of H-pyrrole nitrogens is 1. The summed E-state index contributed by atoms with van der Waals surface area (Å²) in [6, 6.07) is 4.63. The van der Waals surface area contributed by atoms with E-state index < -0.39 is 11.4 Å². The SMILES string of the molecule is C[C@H]1CC1(NC(=O)c1cc2c(F)c(Cl)ccc2[nH]1)c1cnn(C)c1. The van der Waals surface area contributed by atoms with Gasteiger partial charge in [-0.1, -0.05) is 18.5 Å². The predicted molar refractivity (Wildman–Crippen MR) is 89.4 cm³/mol. The van der Waals surface area contributed by atoms with Crippen LogP contribution in [0.5, 0.6) is 0 Å². The highest BCUT2D eigenvalue weighted by Crippen LogP contribution is 2.51. The van der Waals surface area contributed by atoms with Crippen molar-refractivity contribution in [1.82, 2.24) is 20.1 Å². The maximum absolute atomic E-state index is 14.1. The number of fused-ring (bicyclic) bond motifs is 1. The Morgan fingerprint density at radius 2 is 2.29 bits per heavy atom. The van der Waals surface area contributed by atoms with Crippen LogP contribution < -0.4 is 5.32 Å². The molecule has 1 aliphatic rings. The molecule has 1 saturated carbocycles. The van der Waals surface area contributed by atoms with Crippen molar-refractivity contribution < 1.29 is 9.18 Å². The van der Waals surface area contributed by atoms with Gasteiger partial charge in [0.05, 0.1) is 16.8 Å². The summed E-state index contributed by atoms with van der Waals surface area (Å²) in [4.78, 5) is 15.6. The summed E-state index contributed by atoms with van der Waals surface area (Å²) in [7, 11) is 1.84. The van der Waals surface area contributed by atoms with Gasteiger partial charge in [0.2, 0.25) is 0 Å². The molecule has 4 rings (SSSR count). The van der Waals surface area contributed by atoms with Gasteiger partial charge in [-0.2, -0.15) is 5.10 Å². The summed E-state index contributed by atoms with van der Waals surface area (Å²) in [5, 5.41) is 7.62. The van der Waals surface area contributed by atoms with E-state index in [4.69, 9.17) is 11.6 Å². The lowest BCUT2D eigenvalue weighted by Crippen LogP contribution is -2.36. The molecule has 1 aliphatic carbocycles. The van der Waals surface area contributed by atoms with Crippen LogP contribution in [0, 0.1) is 11.7 Å². The molecular formula is C17H16ClFN4O. The Balaban J connectivity index is 1.66. The molecule has 1 aromatic carbocycles. The molecule has 5 nitrogen and oxygen atoms in total. The molecule has 0 saturated heterocycles. The van der Waals surface area contributed by atoms with Crippen molar-refractivity contribution in [2.45, 2.75) is 18.9 Å². The van der Waals surface area contributed by atoms with Gasteiger partial charge in [-0.3, -0.25) is 9.48 Å². The normalized spacial score (nSPS) is 22.8. The Labute approximate surface area is 142 Å². The second-order valence-corrected chi connectivity index (χ2v) is 6.85. The number of benzene rings is 1. The molecule has 7 heteroatoms. The van der Waals surface area contributed by atoms with E-state index in [9.17, 15) is 9.18 Å². The van der Waals surface area contributed by atoms with Crippen LogP contribution in [-0.4, -0.2) is 20.7 Å². The summed E-state index contributed by atoms with van der Waals surface area (Å²) in [6.45, 7) is 2.08. The first kappa shape index (κ1) is 15.2. The van der Waals surface area contributed by atoms with Crippen molar-refractivity contribution in [1.29, 1.82) is 0 Å². The molecule has 2 N–H and O–H groups in total. The number of aromatic nitrogens is 3. The molecule has 0 bridgehead atoms. The van der Waals surface area contributed by atoms with Crippen LogP contribution in [0.4, 0.5) is 4.39 Å². The second-order valence-electron chi connectivity index (χ2n) is 6.44. The molecule has 124 valence electrons. The Morgan fingerprint density at radius 3 is 2.92 bits per heavy atom. The van der Waals surface area contributed by atoms with Crippen molar-refractivity contribution in [3.63, 3.8) is 0 Å². The van der Waals surface area contributed by atoms with E-state index in [0.717, 1.165) is 12.0 Å². The molecule has 24 heavy (non-hydrogen) atoms. The fourth-order valence-corrected chi connectivity index (χ4v) is 3.42. The summed E-state index contributed by atoms with van der Waals surface area (Å²) in [6.07, 6.45) is 4.54. The van der Waals surface area contributed by atoms with Gasteiger partial charge in [-0.25, -0.2) is 4.39 Å². The van der Waals surface area contributed by atoms with Crippen LogP contribution in [0.25, 0.3) is 10.9 Å². The number of rotatable bonds is 3. The van der Waals surface area contributed by atoms with Gasteiger partial charge in [0.15, 0.2) is 5.82 Å². The third kappa shape index (κ3) is 2.21. The van der Waals surface area contributed by atoms with Crippen LogP contribution in [0.15, 0.2) is 30.6 Å². The Morgan fingerprint density at radius 1 is 1.54 bits per heavy atom. The summed E-state index contributed by atoms with van der Waals surface area (Å²) < 4.78 is 15.8. The fourth-order valence-electron chi connectivity index (χ4n) is 3.26. The van der Waals surface area contributed by atoms with Crippen molar-refractivity contribution >= 4 is 28.4 Å². The first-order chi connectivity index (χ1) is 11.4. The molecule has 0 spiro atoms. The van der Waals surface area contributed by atoms with Crippen molar-refractivity contribution in [2.75, 3.05) is 0 Å². The van der Waals surface area contributed by atoms with Crippen LogP contribution in [-0.2, 0) is 12.6 Å². The maximum Gasteiger partial charge on any atom is 0.268 e. The Hall–Kier alpha value is -2.34. The van der Waals surface area contributed by atoms with Crippen LogP contribution >= 0.6 is 11.6 Å². The molecular weight excluding hydrogens is 331 g/mol. The van der Waals surface area contributed by atoms with Gasteiger partial charge < -0.3 is 10.3 Å². The average Bonchev–Trinajstić information content (AvgIpc) is 2.95. The van der Waals surface area contributed by atoms with E-state index in [1.165, 1.54) is 12.1 Å². The van der Waals surface area contributed by atoms with Crippen molar-refractivity contribution in [3.8, 4) is 0 Å². The minimum absolute atomic E-state index is 0.0381. The monoisotopic (exact) mass is 346 g/mol. The number of hydrogen-bond donors (Lipinski definition) is 2. The highest BCUT2D eigenvalue weighted by atomic mass is 35.5. The van der Waals surface area contributed by atoms with E-state index in [-0.39, 0.29) is 10.9 Å². The summed E-state index contributed by atoms with van der Waals surface area (Å²) in [5.41, 5.74) is 1.43. The molecule has 2 heterocycles. The van der Waals surface area contributed by atoms with Gasteiger partial charge in [-0.05, 0) is 30.5 Å². The zero-order valence-electron chi connectivity index (χ0n) is 13.2. The Bertz CT molecular complexity index is 963. The van der Waals surface area contributed by atoms with Gasteiger partial charge in [0, 0.05) is 29.7 Å². The lowest BCUT2D eigenvalue weighted by atomic mass is 10.1. The quantitative estimate of drug-likeness (QED) is 0.764. The number of nitrogens with one attached hydrogen (secondary N) is 2. The smallest absolute Gasteiger partial charge is 0.268 e. The number of halogens is 2. The molecule has 3 aromatic rings. The van der Waals surface area contributed by atoms with Crippen LogP contribution in [0.3, 0.4) is 0 Å². The minimum atomic E-state index is -0.522. The summed E-state index contributed by atoms with van der Waals surface area (Å²) in [5.74, 6) is -0.470. The third-order valence-electron chi connectivity index (χ3n) is 4.80. The molecule has 1 fully saturated rings. The first-order valence-electron chi connectivity index (χ1n) is 7.69. The molecule has 0 aliphatic heterocycles. The van der Waals surface area contributed by atoms with Crippen molar-refractivity contribution in [3.05, 3.63) is 52.7 Å². The van der Waals surface area contributed by atoms with E-state index >= 15 is 0 Å². The van der Waals surface area contributed by atoms with E-state index in [1.54, 1.807) is 16.9 Å². The van der Waals surface area contributed by atoms with E-state index in [1.807, 2.05) is 13.2 Å². The third-order valence-corrected chi connectivity index (χ3v) is 5.09. The first-order valence-corrected chi connectivity index (χ1v) is 8.07. The van der Waals surface area contributed by atoms with Crippen LogP contribution in [0.2, 0.25) is 5.02 Å². The topological polar surface area (TPSA) is 62.7 Å². The van der Waals surface area contributed by atoms with E-state index in [0.29, 0.717) is 22.5 Å². The second kappa shape index (κ2) is 5.08. The van der Waals surface area contributed by atoms with Crippen LogP contribution in [0.1, 0.15) is 29.4 Å². The van der Waals surface area contributed by atoms with Gasteiger partial charge in [0.25, 0.3) is 5.91 Å². The molecule has 0 radical (unpaired) electrons. The number of aryl methyl sites for hydroxylation is 1. The van der Waals surface area contributed by atoms with Gasteiger partial charge in [0.1, 0.15) is 5.69 Å². The zero-order chi connectivity index (χ0) is 17.1. The Kier molecular flexibility index (Phi) is 3.22. The average molecular weight is 347 g/mol. The van der Waals surface area contributed by atoms with E-state index in [2.05, 4.69) is 22.3 Å². The fraction of sp³-hybridized carbons (Fsp3) is 0.294. The largest absolute Gasteiger partial charge is 0.350 e. The lowest BCUT2D eigenvalue weighted by Gasteiger charge is -2.16. The van der Waals surface area contributed by atoms with Crippen molar-refractivity contribution in [2.24, 2.45) is 13.0 Å².